The van der Waals surface area contributed by atoms with Crippen molar-refractivity contribution in [2.75, 3.05) is 11.5 Å². The minimum absolute atomic E-state index is 0.0873. The number of carbonyl (C=O) groups is 1. The molecule has 3 heterocycles. The number of rotatable bonds is 4. The fourth-order valence-corrected chi connectivity index (χ4v) is 4.68. The van der Waals surface area contributed by atoms with Gasteiger partial charge in [-0.05, 0) is 38.0 Å². The highest BCUT2D eigenvalue weighted by Crippen LogP contribution is 2.25. The molecule has 24 heavy (non-hydrogen) atoms. The largest absolute Gasteiger partial charge is 0.345 e. The summed E-state index contributed by atoms with van der Waals surface area (Å²) < 4.78 is 24.9. The molecule has 128 valence electrons. The lowest BCUT2D eigenvalue weighted by molar-refractivity contribution is 0.0939. The monoisotopic (exact) mass is 348 g/mol. The minimum atomic E-state index is -2.99. The third kappa shape index (κ3) is 3.33. The normalized spacial score (nSPS) is 20.7. The van der Waals surface area contributed by atoms with E-state index in [1.54, 1.807) is 24.0 Å². The van der Waals surface area contributed by atoms with E-state index < -0.39 is 9.84 Å². The predicted octanol–water partition coefficient (Wildman–Crippen LogP) is 1.44. The molecule has 1 aliphatic rings. The Morgan fingerprint density at radius 1 is 1.38 bits per heavy atom. The first kappa shape index (κ1) is 16.6. The Morgan fingerprint density at radius 3 is 2.71 bits per heavy atom. The first-order valence-electron chi connectivity index (χ1n) is 7.83. The third-order valence-electron chi connectivity index (χ3n) is 4.40. The molecule has 2 aromatic heterocycles. The van der Waals surface area contributed by atoms with Crippen molar-refractivity contribution >= 4 is 15.7 Å². The summed E-state index contributed by atoms with van der Waals surface area (Å²) in [4.78, 5) is 16.5. The van der Waals surface area contributed by atoms with Crippen molar-refractivity contribution in [2.24, 2.45) is 0 Å². The van der Waals surface area contributed by atoms with Gasteiger partial charge in [0.15, 0.2) is 9.84 Å². The Labute approximate surface area is 141 Å². The van der Waals surface area contributed by atoms with Gasteiger partial charge in [-0.1, -0.05) is 0 Å². The fourth-order valence-electron chi connectivity index (χ4n) is 2.99. The summed E-state index contributed by atoms with van der Waals surface area (Å²) in [6.07, 6.45) is 5.41. The number of aromatic nitrogens is 3. The van der Waals surface area contributed by atoms with E-state index in [1.807, 2.05) is 19.1 Å². The smallest absolute Gasteiger partial charge is 0.255 e. The van der Waals surface area contributed by atoms with E-state index in [2.05, 4.69) is 15.4 Å². The molecule has 0 aromatic carbocycles. The highest BCUT2D eigenvalue weighted by Gasteiger charge is 2.31. The summed E-state index contributed by atoms with van der Waals surface area (Å²) in [6, 6.07) is 3.36. The number of carbonyl (C=O) groups excluding carboxylic acids is 1. The van der Waals surface area contributed by atoms with Crippen LogP contribution in [0.4, 0.5) is 0 Å². The molecule has 0 spiro atoms. The van der Waals surface area contributed by atoms with Crippen LogP contribution in [0.3, 0.4) is 0 Å². The van der Waals surface area contributed by atoms with Crippen molar-refractivity contribution in [1.82, 2.24) is 20.1 Å². The fraction of sp³-hybridized carbons (Fsp3) is 0.438. The topological polar surface area (TPSA) is 93.9 Å². The summed E-state index contributed by atoms with van der Waals surface area (Å²) in [5.74, 6) is 0.0469. The van der Waals surface area contributed by atoms with Crippen LogP contribution >= 0.6 is 0 Å². The van der Waals surface area contributed by atoms with Crippen molar-refractivity contribution in [3.05, 3.63) is 47.5 Å². The SMILES string of the molecule is Cc1c(C(=O)NC(C)c2ccncc2)cnn1C1CCS(=O)(=O)C1. The highest BCUT2D eigenvalue weighted by molar-refractivity contribution is 7.91. The lowest BCUT2D eigenvalue weighted by Crippen LogP contribution is -2.27. The van der Waals surface area contributed by atoms with Crippen LogP contribution in [0.15, 0.2) is 30.7 Å². The first-order valence-corrected chi connectivity index (χ1v) is 9.65. The van der Waals surface area contributed by atoms with Gasteiger partial charge in [0.2, 0.25) is 0 Å². The van der Waals surface area contributed by atoms with Gasteiger partial charge in [0.05, 0.1) is 35.3 Å². The maximum absolute atomic E-state index is 12.5. The minimum Gasteiger partial charge on any atom is -0.345 e. The average molecular weight is 348 g/mol. The molecule has 0 bridgehead atoms. The van der Waals surface area contributed by atoms with Crippen molar-refractivity contribution in [3.63, 3.8) is 0 Å². The summed E-state index contributed by atoms with van der Waals surface area (Å²) >= 11 is 0. The molecule has 7 nitrogen and oxygen atoms in total. The number of hydrogen-bond acceptors (Lipinski definition) is 5. The zero-order valence-corrected chi connectivity index (χ0v) is 14.5. The van der Waals surface area contributed by atoms with E-state index in [9.17, 15) is 13.2 Å². The van der Waals surface area contributed by atoms with Gasteiger partial charge >= 0.3 is 0 Å². The van der Waals surface area contributed by atoms with Crippen molar-refractivity contribution in [1.29, 1.82) is 0 Å². The molecule has 2 unspecified atom stereocenters. The van der Waals surface area contributed by atoms with Crippen molar-refractivity contribution in [2.45, 2.75) is 32.4 Å². The molecule has 1 saturated heterocycles. The van der Waals surface area contributed by atoms with E-state index in [0.29, 0.717) is 17.7 Å². The molecule has 3 rings (SSSR count). The van der Waals surface area contributed by atoms with Gasteiger partial charge < -0.3 is 5.32 Å². The number of pyridine rings is 1. The van der Waals surface area contributed by atoms with Gasteiger partial charge in [-0.15, -0.1) is 0 Å². The molecule has 1 aliphatic heterocycles. The summed E-state index contributed by atoms with van der Waals surface area (Å²) in [6.45, 7) is 3.69. The Balaban J connectivity index is 1.75. The Morgan fingerprint density at radius 2 is 2.08 bits per heavy atom. The number of sulfone groups is 1. The van der Waals surface area contributed by atoms with Crippen LogP contribution in [-0.2, 0) is 9.84 Å². The number of amides is 1. The Hall–Kier alpha value is -2.22. The van der Waals surface area contributed by atoms with Crippen LogP contribution in [0.2, 0.25) is 0 Å². The standard InChI is InChI=1S/C16H20N4O3S/c1-11(13-3-6-17-7-4-13)19-16(21)15-9-18-20(12(15)2)14-5-8-24(22,23)10-14/h3-4,6-7,9,11,14H,5,8,10H2,1-2H3,(H,19,21). The second-order valence-corrected chi connectivity index (χ2v) is 8.35. The maximum Gasteiger partial charge on any atom is 0.255 e. The highest BCUT2D eigenvalue weighted by atomic mass is 32.2. The van der Waals surface area contributed by atoms with Gasteiger partial charge in [-0.25, -0.2) is 8.42 Å². The summed E-state index contributed by atoms with van der Waals surface area (Å²) in [5.41, 5.74) is 2.13. The number of nitrogens with zero attached hydrogens (tertiary/aromatic N) is 3. The van der Waals surface area contributed by atoms with Gasteiger partial charge in [0.25, 0.3) is 5.91 Å². The van der Waals surface area contributed by atoms with Crippen molar-refractivity contribution < 1.29 is 13.2 Å². The quantitative estimate of drug-likeness (QED) is 0.902. The van der Waals surface area contributed by atoms with E-state index in [-0.39, 0.29) is 29.5 Å². The van der Waals surface area contributed by atoms with E-state index in [1.165, 1.54) is 6.20 Å². The van der Waals surface area contributed by atoms with Crippen LogP contribution in [0.1, 0.15) is 47.0 Å². The molecule has 1 amide bonds. The predicted molar refractivity (Wildman–Crippen MR) is 89.4 cm³/mol. The lowest BCUT2D eigenvalue weighted by Gasteiger charge is -2.15. The van der Waals surface area contributed by atoms with Crippen LogP contribution in [0.25, 0.3) is 0 Å². The molecule has 1 fully saturated rings. The van der Waals surface area contributed by atoms with Gasteiger partial charge in [0.1, 0.15) is 0 Å². The Kier molecular flexibility index (Phi) is 4.40. The summed E-state index contributed by atoms with van der Waals surface area (Å²) in [7, 11) is -2.99. The van der Waals surface area contributed by atoms with Gasteiger partial charge in [-0.2, -0.15) is 5.10 Å². The molecule has 8 heteroatoms. The molecular weight excluding hydrogens is 328 g/mol. The molecule has 2 aromatic rings. The molecular formula is C16H20N4O3S. The molecule has 0 saturated carbocycles. The first-order chi connectivity index (χ1) is 11.4. The van der Waals surface area contributed by atoms with E-state index in [0.717, 1.165) is 5.56 Å². The second-order valence-electron chi connectivity index (χ2n) is 6.12. The lowest BCUT2D eigenvalue weighted by atomic mass is 10.1. The number of nitrogens with one attached hydrogen (secondary N) is 1. The molecule has 1 N–H and O–H groups in total. The summed E-state index contributed by atoms with van der Waals surface area (Å²) in [5, 5.41) is 7.18. The second kappa shape index (κ2) is 6.35. The van der Waals surface area contributed by atoms with Crippen LogP contribution in [0.5, 0.6) is 0 Å². The van der Waals surface area contributed by atoms with E-state index >= 15 is 0 Å². The Bertz CT molecular complexity index is 845. The molecule has 0 aliphatic carbocycles. The number of hydrogen-bond donors (Lipinski definition) is 1. The van der Waals surface area contributed by atoms with Crippen LogP contribution in [0, 0.1) is 6.92 Å². The molecule has 0 radical (unpaired) electrons. The third-order valence-corrected chi connectivity index (χ3v) is 6.15. The van der Waals surface area contributed by atoms with Gasteiger partial charge in [-0.3, -0.25) is 14.5 Å². The van der Waals surface area contributed by atoms with E-state index in [4.69, 9.17) is 0 Å². The zero-order chi connectivity index (χ0) is 17.3. The van der Waals surface area contributed by atoms with Crippen LogP contribution in [-0.4, -0.2) is 40.6 Å². The average Bonchev–Trinajstić information content (AvgIpc) is 3.10. The zero-order valence-electron chi connectivity index (χ0n) is 13.6. The molecule has 2 atom stereocenters. The van der Waals surface area contributed by atoms with Crippen LogP contribution < -0.4 is 5.32 Å². The maximum atomic E-state index is 12.5. The van der Waals surface area contributed by atoms with Gasteiger partial charge in [0, 0.05) is 18.1 Å². The van der Waals surface area contributed by atoms with Crippen molar-refractivity contribution in [3.8, 4) is 0 Å².